The van der Waals surface area contributed by atoms with E-state index >= 15 is 0 Å². The van der Waals surface area contributed by atoms with Gasteiger partial charge in [0.2, 0.25) is 0 Å². The molecule has 4 rings (SSSR count). The molecule has 0 unspecified atom stereocenters. The number of hydrogen-bond donors (Lipinski definition) is 1. The molecule has 1 heterocycles. The summed E-state index contributed by atoms with van der Waals surface area (Å²) in [6.45, 7) is 0. The highest BCUT2D eigenvalue weighted by atomic mass is 15.3. The number of nitrogens with one attached hydrogen (secondary N) is 1. The fraction of sp³-hybridized carbons (Fsp3) is 0.125. The lowest BCUT2D eigenvalue weighted by atomic mass is 10.1. The van der Waals surface area contributed by atoms with Crippen LogP contribution in [0.5, 0.6) is 0 Å². The molecule has 144 valence electrons. The van der Waals surface area contributed by atoms with Gasteiger partial charge in [-0.2, -0.15) is 5.10 Å². The summed E-state index contributed by atoms with van der Waals surface area (Å²) in [6.07, 6.45) is 2.48. The lowest BCUT2D eigenvalue weighted by Crippen LogP contribution is -2.08. The summed E-state index contributed by atoms with van der Waals surface area (Å²) in [5.41, 5.74) is 9.05. The summed E-state index contributed by atoms with van der Waals surface area (Å²) < 4.78 is 0. The van der Waals surface area contributed by atoms with E-state index in [-0.39, 0.29) is 0 Å². The number of anilines is 2. The van der Waals surface area contributed by atoms with E-state index in [2.05, 4.69) is 39.7 Å². The maximum Gasteiger partial charge on any atom is 0.169 e. The van der Waals surface area contributed by atoms with Gasteiger partial charge in [0, 0.05) is 26.2 Å². The van der Waals surface area contributed by atoms with Crippen molar-refractivity contribution in [2.45, 2.75) is 6.42 Å². The van der Waals surface area contributed by atoms with Crippen LogP contribution < -0.4 is 10.3 Å². The molecular formula is C24H23N5. The minimum absolute atomic E-state index is 0.675. The van der Waals surface area contributed by atoms with Gasteiger partial charge < -0.3 is 4.90 Å². The number of nitrogens with zero attached hydrogens (tertiary/aromatic N) is 4. The summed E-state index contributed by atoms with van der Waals surface area (Å²) in [6, 6.07) is 26.4. The van der Waals surface area contributed by atoms with Crippen molar-refractivity contribution >= 4 is 28.8 Å². The van der Waals surface area contributed by atoms with E-state index < -0.39 is 0 Å². The molecule has 0 fully saturated rings. The minimum atomic E-state index is 0.675. The Hall–Kier alpha value is -3.73. The van der Waals surface area contributed by atoms with E-state index in [1.807, 2.05) is 68.7 Å². The van der Waals surface area contributed by atoms with Gasteiger partial charge in [-0.25, -0.2) is 9.97 Å². The van der Waals surface area contributed by atoms with Gasteiger partial charge in [-0.15, -0.1) is 0 Å². The number of aromatic nitrogens is 2. The Kier molecular flexibility index (Phi) is 5.47. The molecule has 0 aliphatic carbocycles. The maximum atomic E-state index is 4.82. The van der Waals surface area contributed by atoms with E-state index in [4.69, 9.17) is 9.97 Å². The molecule has 1 N–H and O–H groups in total. The number of hydrogen-bond acceptors (Lipinski definition) is 5. The van der Waals surface area contributed by atoms with Crippen LogP contribution in [0.15, 0.2) is 84.0 Å². The highest BCUT2D eigenvalue weighted by molar-refractivity contribution is 5.81. The second-order valence-electron chi connectivity index (χ2n) is 7.03. The highest BCUT2D eigenvalue weighted by Gasteiger charge is 2.09. The quantitative estimate of drug-likeness (QED) is 0.387. The van der Waals surface area contributed by atoms with Crippen molar-refractivity contribution in [3.8, 4) is 0 Å². The van der Waals surface area contributed by atoms with Crippen LogP contribution in [0.4, 0.5) is 11.5 Å². The molecule has 0 atom stereocenters. The summed E-state index contributed by atoms with van der Waals surface area (Å²) in [4.78, 5) is 11.6. The number of rotatable bonds is 6. The van der Waals surface area contributed by atoms with Crippen LogP contribution in [0, 0.1) is 0 Å². The van der Waals surface area contributed by atoms with Gasteiger partial charge >= 0.3 is 0 Å². The normalized spacial score (nSPS) is 11.1. The number of fused-ring (bicyclic) bond motifs is 1. The number of para-hydroxylation sites is 2. The SMILES string of the molecule is CN(C)c1ccc(/C=N\Nc2nc3ccccc3nc2Cc2ccccc2)cc1. The first-order valence-corrected chi connectivity index (χ1v) is 9.55. The molecule has 5 heteroatoms. The van der Waals surface area contributed by atoms with Gasteiger partial charge in [-0.3, -0.25) is 5.43 Å². The summed E-state index contributed by atoms with van der Waals surface area (Å²) in [5, 5.41) is 4.40. The fourth-order valence-electron chi connectivity index (χ4n) is 3.07. The zero-order chi connectivity index (χ0) is 20.1. The number of benzene rings is 3. The van der Waals surface area contributed by atoms with Crippen molar-refractivity contribution in [3.05, 3.63) is 95.7 Å². The molecule has 5 nitrogen and oxygen atoms in total. The van der Waals surface area contributed by atoms with E-state index in [0.717, 1.165) is 28.0 Å². The average molecular weight is 381 g/mol. The molecule has 0 aliphatic rings. The van der Waals surface area contributed by atoms with Gasteiger partial charge in [0.1, 0.15) is 0 Å². The van der Waals surface area contributed by atoms with Crippen molar-refractivity contribution in [2.75, 3.05) is 24.4 Å². The summed E-state index contributed by atoms with van der Waals surface area (Å²) >= 11 is 0. The molecule has 4 aromatic rings. The smallest absolute Gasteiger partial charge is 0.169 e. The molecule has 0 aliphatic heterocycles. The van der Waals surface area contributed by atoms with Gasteiger partial charge in [0.15, 0.2) is 5.82 Å². The summed E-state index contributed by atoms with van der Waals surface area (Å²) in [5.74, 6) is 0.675. The molecule has 0 saturated carbocycles. The van der Waals surface area contributed by atoms with Crippen LogP contribution in [0.2, 0.25) is 0 Å². The van der Waals surface area contributed by atoms with Gasteiger partial charge in [-0.1, -0.05) is 54.6 Å². The van der Waals surface area contributed by atoms with Gasteiger partial charge in [0.25, 0.3) is 0 Å². The average Bonchev–Trinajstić information content (AvgIpc) is 2.75. The monoisotopic (exact) mass is 381 g/mol. The molecule has 0 saturated heterocycles. The van der Waals surface area contributed by atoms with Crippen LogP contribution in [0.3, 0.4) is 0 Å². The Morgan fingerprint density at radius 2 is 1.48 bits per heavy atom. The number of hydrazone groups is 1. The van der Waals surface area contributed by atoms with E-state index in [1.165, 1.54) is 5.56 Å². The van der Waals surface area contributed by atoms with E-state index in [1.54, 1.807) is 6.21 Å². The Morgan fingerprint density at radius 1 is 0.828 bits per heavy atom. The van der Waals surface area contributed by atoms with Gasteiger partial charge in [-0.05, 0) is 35.4 Å². The minimum Gasteiger partial charge on any atom is -0.378 e. The molecule has 1 aromatic heterocycles. The molecule has 0 spiro atoms. The van der Waals surface area contributed by atoms with Gasteiger partial charge in [0.05, 0.1) is 22.9 Å². The standard InChI is InChI=1S/C24H23N5/c1-29(2)20-14-12-19(13-15-20)17-25-28-24-23(16-18-8-4-3-5-9-18)26-21-10-6-7-11-22(21)27-24/h3-15,17H,16H2,1-2H3,(H,27,28)/b25-17-. The Labute approximate surface area is 170 Å². The maximum absolute atomic E-state index is 4.82. The topological polar surface area (TPSA) is 53.4 Å². The zero-order valence-electron chi connectivity index (χ0n) is 16.6. The van der Waals surface area contributed by atoms with Crippen molar-refractivity contribution in [3.63, 3.8) is 0 Å². The van der Waals surface area contributed by atoms with Crippen LogP contribution in [0.25, 0.3) is 11.0 Å². The predicted molar refractivity (Wildman–Crippen MR) is 121 cm³/mol. The largest absolute Gasteiger partial charge is 0.378 e. The van der Waals surface area contributed by atoms with E-state index in [0.29, 0.717) is 12.2 Å². The fourth-order valence-corrected chi connectivity index (χ4v) is 3.07. The summed E-state index contributed by atoms with van der Waals surface area (Å²) in [7, 11) is 4.05. The highest BCUT2D eigenvalue weighted by Crippen LogP contribution is 2.20. The van der Waals surface area contributed by atoms with Crippen LogP contribution >= 0.6 is 0 Å². The predicted octanol–water partition coefficient (Wildman–Crippen LogP) is 4.73. The lowest BCUT2D eigenvalue weighted by Gasteiger charge is -2.11. The Morgan fingerprint density at radius 3 is 2.17 bits per heavy atom. The van der Waals surface area contributed by atoms with Crippen molar-refractivity contribution in [2.24, 2.45) is 5.10 Å². The first kappa shape index (κ1) is 18.6. The first-order chi connectivity index (χ1) is 14.2. The van der Waals surface area contributed by atoms with Crippen LogP contribution in [0.1, 0.15) is 16.8 Å². The van der Waals surface area contributed by atoms with Crippen LogP contribution in [-0.4, -0.2) is 30.3 Å². The second-order valence-corrected chi connectivity index (χ2v) is 7.03. The third-order valence-electron chi connectivity index (χ3n) is 4.65. The van der Waals surface area contributed by atoms with E-state index in [9.17, 15) is 0 Å². The molecule has 3 aromatic carbocycles. The second kappa shape index (κ2) is 8.52. The zero-order valence-corrected chi connectivity index (χ0v) is 16.6. The third-order valence-corrected chi connectivity index (χ3v) is 4.65. The molecule has 29 heavy (non-hydrogen) atoms. The first-order valence-electron chi connectivity index (χ1n) is 9.55. The van der Waals surface area contributed by atoms with Crippen LogP contribution in [-0.2, 0) is 6.42 Å². The molecular weight excluding hydrogens is 358 g/mol. The molecule has 0 radical (unpaired) electrons. The third kappa shape index (κ3) is 4.58. The van der Waals surface area contributed by atoms with Crippen molar-refractivity contribution < 1.29 is 0 Å². The van der Waals surface area contributed by atoms with Crippen molar-refractivity contribution in [1.82, 2.24) is 9.97 Å². The Bertz CT molecular complexity index is 1120. The molecule has 0 bridgehead atoms. The van der Waals surface area contributed by atoms with Crippen molar-refractivity contribution in [1.29, 1.82) is 0 Å². The molecule has 0 amide bonds. The lowest BCUT2D eigenvalue weighted by molar-refractivity contribution is 1.06. The Balaban J connectivity index is 1.60.